The molecule has 1 N–H and O–H groups in total. The number of hydrogen-bond donors (Lipinski definition) is 1. The molecule has 2 aromatic heterocycles. The van der Waals surface area contributed by atoms with Gasteiger partial charge in [-0.3, -0.25) is 9.78 Å². The highest BCUT2D eigenvalue weighted by molar-refractivity contribution is 5.76. The number of carbonyl (C=O) groups excluding carboxylic acids is 1. The van der Waals surface area contributed by atoms with Gasteiger partial charge < -0.3 is 10.2 Å². The van der Waals surface area contributed by atoms with Crippen molar-refractivity contribution in [3.05, 3.63) is 71.0 Å². The van der Waals surface area contributed by atoms with Crippen LogP contribution in [0.2, 0.25) is 0 Å². The van der Waals surface area contributed by atoms with Gasteiger partial charge in [0.25, 0.3) is 0 Å². The highest BCUT2D eigenvalue weighted by Gasteiger charge is 2.19. The van der Waals surface area contributed by atoms with E-state index in [0.717, 1.165) is 48.7 Å². The van der Waals surface area contributed by atoms with Crippen LogP contribution >= 0.6 is 0 Å². The van der Waals surface area contributed by atoms with E-state index >= 15 is 0 Å². The predicted molar refractivity (Wildman–Crippen MR) is 118 cm³/mol. The maximum absolute atomic E-state index is 12.6. The minimum atomic E-state index is 0.219. The molecule has 1 amide bonds. The number of nitrogens with zero attached hydrogens (tertiary/aromatic N) is 4. The quantitative estimate of drug-likeness (QED) is 0.634. The number of anilines is 1. The lowest BCUT2D eigenvalue weighted by atomic mass is 9.99. The van der Waals surface area contributed by atoms with E-state index in [-0.39, 0.29) is 5.91 Å². The number of pyridine rings is 1. The van der Waals surface area contributed by atoms with Crippen LogP contribution in [-0.4, -0.2) is 38.8 Å². The third-order valence-electron chi connectivity index (χ3n) is 5.63. The van der Waals surface area contributed by atoms with E-state index in [4.69, 9.17) is 0 Å². The van der Waals surface area contributed by atoms with Gasteiger partial charge in [-0.05, 0) is 49.9 Å². The summed E-state index contributed by atoms with van der Waals surface area (Å²) in [6.07, 6.45) is 3.98. The summed E-state index contributed by atoms with van der Waals surface area (Å²) < 4.78 is 0. The van der Waals surface area contributed by atoms with Crippen LogP contribution in [0.1, 0.15) is 35.2 Å². The first kappa shape index (κ1) is 20.0. The summed E-state index contributed by atoms with van der Waals surface area (Å²) in [5, 5.41) is 3.39. The van der Waals surface area contributed by atoms with Crippen molar-refractivity contribution in [1.82, 2.24) is 19.9 Å². The largest absolute Gasteiger partial charge is 0.370 e. The van der Waals surface area contributed by atoms with Gasteiger partial charge >= 0.3 is 0 Å². The smallest absolute Gasteiger partial charge is 0.222 e. The van der Waals surface area contributed by atoms with Gasteiger partial charge in [-0.15, -0.1) is 0 Å². The van der Waals surface area contributed by atoms with Crippen LogP contribution in [0.15, 0.2) is 48.7 Å². The second-order valence-electron chi connectivity index (χ2n) is 7.69. The minimum Gasteiger partial charge on any atom is -0.370 e. The number of rotatable bonds is 6. The zero-order valence-corrected chi connectivity index (χ0v) is 17.6. The van der Waals surface area contributed by atoms with Crippen LogP contribution in [0, 0.1) is 13.8 Å². The predicted octanol–water partition coefficient (Wildman–Crippen LogP) is 3.93. The Morgan fingerprint density at radius 3 is 2.67 bits per heavy atom. The molecule has 154 valence electrons. The second-order valence-corrected chi connectivity index (χ2v) is 7.69. The minimum absolute atomic E-state index is 0.219. The Hall–Kier alpha value is -3.28. The molecule has 1 aromatic carbocycles. The fourth-order valence-electron chi connectivity index (χ4n) is 3.72. The van der Waals surface area contributed by atoms with Crippen molar-refractivity contribution in [1.29, 1.82) is 0 Å². The standard InChI is InChI=1S/C24H27N5O/c1-17-18(2)27-24(21-10-5-6-13-25-21)28-23(17)26-14-7-11-22(30)29-15-12-19-8-3-4-9-20(19)16-29/h3-6,8-10,13H,7,11-12,14-16H2,1-2H3,(H,26,27,28). The van der Waals surface area contributed by atoms with Gasteiger partial charge in [-0.25, -0.2) is 9.97 Å². The van der Waals surface area contributed by atoms with Crippen molar-refractivity contribution in [2.24, 2.45) is 0 Å². The van der Waals surface area contributed by atoms with E-state index in [2.05, 4.69) is 38.5 Å². The van der Waals surface area contributed by atoms with Crippen molar-refractivity contribution < 1.29 is 4.79 Å². The molecule has 0 bridgehead atoms. The van der Waals surface area contributed by atoms with Crippen LogP contribution < -0.4 is 5.32 Å². The van der Waals surface area contributed by atoms with Crippen molar-refractivity contribution in [2.75, 3.05) is 18.4 Å². The molecule has 6 nitrogen and oxygen atoms in total. The van der Waals surface area contributed by atoms with Crippen LogP contribution in [0.25, 0.3) is 11.5 Å². The van der Waals surface area contributed by atoms with Crippen molar-refractivity contribution in [3.8, 4) is 11.5 Å². The van der Waals surface area contributed by atoms with Gasteiger partial charge in [0, 0.05) is 43.5 Å². The van der Waals surface area contributed by atoms with Crippen molar-refractivity contribution >= 4 is 11.7 Å². The monoisotopic (exact) mass is 401 g/mol. The van der Waals surface area contributed by atoms with E-state index in [9.17, 15) is 4.79 Å². The van der Waals surface area contributed by atoms with E-state index in [1.165, 1.54) is 11.1 Å². The zero-order valence-electron chi connectivity index (χ0n) is 17.6. The molecule has 0 fully saturated rings. The van der Waals surface area contributed by atoms with Gasteiger partial charge in [0.2, 0.25) is 5.91 Å². The van der Waals surface area contributed by atoms with Crippen LogP contribution in [0.3, 0.4) is 0 Å². The average Bonchev–Trinajstić information content (AvgIpc) is 2.79. The molecule has 0 spiro atoms. The number of benzene rings is 1. The summed E-state index contributed by atoms with van der Waals surface area (Å²) in [7, 11) is 0. The molecule has 30 heavy (non-hydrogen) atoms. The Morgan fingerprint density at radius 1 is 1.07 bits per heavy atom. The molecule has 0 aliphatic carbocycles. The first-order chi connectivity index (χ1) is 14.6. The highest BCUT2D eigenvalue weighted by Crippen LogP contribution is 2.21. The fourth-order valence-corrected chi connectivity index (χ4v) is 3.72. The van der Waals surface area contributed by atoms with Crippen molar-refractivity contribution in [3.63, 3.8) is 0 Å². The van der Waals surface area contributed by atoms with Crippen LogP contribution in [0.5, 0.6) is 0 Å². The average molecular weight is 402 g/mol. The van der Waals surface area contributed by atoms with E-state index < -0.39 is 0 Å². The summed E-state index contributed by atoms with van der Waals surface area (Å²) >= 11 is 0. The summed E-state index contributed by atoms with van der Waals surface area (Å²) in [6.45, 7) is 6.21. The lowest BCUT2D eigenvalue weighted by Crippen LogP contribution is -2.36. The maximum Gasteiger partial charge on any atom is 0.222 e. The zero-order chi connectivity index (χ0) is 20.9. The van der Waals surface area contributed by atoms with E-state index in [0.29, 0.717) is 18.8 Å². The molecule has 0 saturated heterocycles. The summed E-state index contributed by atoms with van der Waals surface area (Å²) in [5.41, 5.74) is 5.33. The molecule has 4 rings (SSSR count). The fraction of sp³-hybridized carbons (Fsp3) is 0.333. The number of carbonyl (C=O) groups is 1. The Bertz CT molecular complexity index is 1040. The van der Waals surface area contributed by atoms with E-state index in [1.807, 2.05) is 43.0 Å². The lowest BCUT2D eigenvalue weighted by molar-refractivity contribution is -0.132. The second kappa shape index (κ2) is 9.03. The van der Waals surface area contributed by atoms with Gasteiger partial charge in [0.1, 0.15) is 11.5 Å². The molecule has 1 aliphatic heterocycles. The number of amides is 1. The number of hydrogen-bond acceptors (Lipinski definition) is 5. The number of nitrogens with one attached hydrogen (secondary N) is 1. The molecule has 0 radical (unpaired) electrons. The first-order valence-corrected chi connectivity index (χ1v) is 10.5. The Kier molecular flexibility index (Phi) is 6.02. The third kappa shape index (κ3) is 4.48. The Labute approximate surface area is 177 Å². The van der Waals surface area contributed by atoms with Gasteiger partial charge in [0.15, 0.2) is 5.82 Å². The van der Waals surface area contributed by atoms with Gasteiger partial charge in [-0.1, -0.05) is 30.3 Å². The topological polar surface area (TPSA) is 71.0 Å². The summed E-state index contributed by atoms with van der Waals surface area (Å²) in [6, 6.07) is 14.1. The number of aromatic nitrogens is 3. The molecule has 0 saturated carbocycles. The lowest BCUT2D eigenvalue weighted by Gasteiger charge is -2.29. The molecular weight excluding hydrogens is 374 g/mol. The molecule has 3 heterocycles. The first-order valence-electron chi connectivity index (χ1n) is 10.5. The van der Waals surface area contributed by atoms with Crippen LogP contribution in [0.4, 0.5) is 5.82 Å². The molecular formula is C24H27N5O. The molecule has 6 heteroatoms. The molecule has 0 atom stereocenters. The van der Waals surface area contributed by atoms with Gasteiger partial charge in [0.05, 0.1) is 0 Å². The highest BCUT2D eigenvalue weighted by atomic mass is 16.2. The Morgan fingerprint density at radius 2 is 1.87 bits per heavy atom. The summed E-state index contributed by atoms with van der Waals surface area (Å²) in [5.74, 6) is 1.64. The SMILES string of the molecule is Cc1nc(-c2ccccn2)nc(NCCCC(=O)N2CCc3ccccc3C2)c1C. The molecule has 3 aromatic rings. The van der Waals surface area contributed by atoms with Gasteiger partial charge in [-0.2, -0.15) is 0 Å². The maximum atomic E-state index is 12.6. The third-order valence-corrected chi connectivity index (χ3v) is 5.63. The normalized spacial score (nSPS) is 13.1. The van der Waals surface area contributed by atoms with E-state index in [1.54, 1.807) is 6.20 Å². The van der Waals surface area contributed by atoms with Crippen molar-refractivity contribution in [2.45, 2.75) is 39.7 Å². The number of fused-ring (bicyclic) bond motifs is 1. The molecule has 1 aliphatic rings. The number of aryl methyl sites for hydroxylation is 1. The van der Waals surface area contributed by atoms with Crippen LogP contribution in [-0.2, 0) is 17.8 Å². The Balaban J connectivity index is 1.32. The summed E-state index contributed by atoms with van der Waals surface area (Å²) in [4.78, 5) is 28.2. The molecule has 0 unspecified atom stereocenters.